The van der Waals surface area contributed by atoms with Gasteiger partial charge in [0.1, 0.15) is 11.5 Å². The van der Waals surface area contributed by atoms with E-state index in [1.165, 1.54) is 0 Å². The fraction of sp³-hybridized carbons (Fsp3) is 0.294. The molecular formula is C17H22O6P2. The molecule has 0 aliphatic heterocycles. The van der Waals surface area contributed by atoms with Gasteiger partial charge in [-0.15, -0.1) is 0 Å². The lowest BCUT2D eigenvalue weighted by Crippen LogP contribution is -2.25. The van der Waals surface area contributed by atoms with E-state index in [4.69, 9.17) is 9.05 Å². The predicted molar refractivity (Wildman–Crippen MR) is 97.3 cm³/mol. The molecule has 0 aliphatic carbocycles. The molecule has 0 aromatic heterocycles. The molecule has 0 heterocycles. The maximum atomic E-state index is 13.4. The fourth-order valence-electron chi connectivity index (χ4n) is 2.50. The van der Waals surface area contributed by atoms with Crippen molar-refractivity contribution in [3.05, 3.63) is 60.7 Å². The molecule has 0 saturated carbocycles. The van der Waals surface area contributed by atoms with E-state index in [-0.39, 0.29) is 6.16 Å². The first kappa shape index (κ1) is 19.7. The van der Waals surface area contributed by atoms with Crippen molar-refractivity contribution in [3.63, 3.8) is 0 Å². The summed E-state index contributed by atoms with van der Waals surface area (Å²) in [5, 5.41) is 0. The summed E-state index contributed by atoms with van der Waals surface area (Å²) < 4.78 is 36.0. The van der Waals surface area contributed by atoms with E-state index in [1.54, 1.807) is 74.5 Å². The second kappa shape index (κ2) is 7.76. The fourth-order valence-corrected chi connectivity index (χ4v) is 6.11. The summed E-state index contributed by atoms with van der Waals surface area (Å²) in [6.07, 6.45) is -0.560. The summed E-state index contributed by atoms with van der Waals surface area (Å²) in [5.74, 6) is 0.738. The Kier molecular flexibility index (Phi) is 6.12. The van der Waals surface area contributed by atoms with E-state index in [9.17, 15) is 18.9 Å². The highest BCUT2D eigenvalue weighted by molar-refractivity contribution is 7.55. The van der Waals surface area contributed by atoms with Gasteiger partial charge in [0, 0.05) is 0 Å². The molecule has 8 heteroatoms. The van der Waals surface area contributed by atoms with Crippen LogP contribution in [-0.2, 0) is 9.13 Å². The van der Waals surface area contributed by atoms with Crippen LogP contribution < -0.4 is 9.05 Å². The quantitative estimate of drug-likeness (QED) is 0.649. The number of para-hydroxylation sites is 2. The highest BCUT2D eigenvalue weighted by Crippen LogP contribution is 2.55. The second-order valence-corrected chi connectivity index (χ2v) is 10.1. The van der Waals surface area contributed by atoms with E-state index in [1.807, 2.05) is 0 Å². The van der Waals surface area contributed by atoms with Crippen LogP contribution in [0.2, 0.25) is 0 Å². The minimum absolute atomic E-state index is 0.144. The van der Waals surface area contributed by atoms with Crippen LogP contribution in [0.25, 0.3) is 0 Å². The number of hydrogen-bond acceptors (Lipinski definition) is 4. The first-order valence-electron chi connectivity index (χ1n) is 7.70. The molecule has 0 amide bonds. The normalized spacial score (nSPS) is 12.6. The zero-order valence-electron chi connectivity index (χ0n) is 14.1. The smallest absolute Gasteiger partial charge is 0.416 e. The Morgan fingerprint density at radius 3 is 1.56 bits per heavy atom. The minimum atomic E-state index is -4.27. The molecule has 0 unspecified atom stereocenters. The van der Waals surface area contributed by atoms with Gasteiger partial charge in [0.05, 0.1) is 12.3 Å². The summed E-state index contributed by atoms with van der Waals surface area (Å²) in [6, 6.07) is 17.2. The van der Waals surface area contributed by atoms with Crippen molar-refractivity contribution in [1.29, 1.82) is 0 Å². The summed E-state index contributed by atoms with van der Waals surface area (Å²) >= 11 is 0. The number of rotatable bonds is 8. The molecule has 2 N–H and O–H groups in total. The van der Waals surface area contributed by atoms with Crippen molar-refractivity contribution < 1.29 is 28.0 Å². The van der Waals surface area contributed by atoms with E-state index in [2.05, 4.69) is 0 Å². The molecule has 0 saturated heterocycles. The highest BCUT2D eigenvalue weighted by Gasteiger charge is 2.40. The largest absolute Gasteiger partial charge is 0.431 e. The average Bonchev–Trinajstić information content (AvgIpc) is 2.45. The third-order valence-corrected chi connectivity index (χ3v) is 6.72. The van der Waals surface area contributed by atoms with Gasteiger partial charge in [-0.05, 0) is 29.7 Å². The maximum absolute atomic E-state index is 13.4. The molecule has 0 spiro atoms. The van der Waals surface area contributed by atoms with Crippen LogP contribution in [0.15, 0.2) is 60.7 Å². The molecular weight excluding hydrogens is 362 g/mol. The summed E-state index contributed by atoms with van der Waals surface area (Å²) in [5.41, 5.74) is -0.946. The van der Waals surface area contributed by atoms with Gasteiger partial charge in [-0.2, -0.15) is 0 Å². The zero-order chi connectivity index (χ0) is 18.6. The van der Waals surface area contributed by atoms with Crippen molar-refractivity contribution in [2.24, 2.45) is 5.41 Å². The molecule has 2 aromatic carbocycles. The van der Waals surface area contributed by atoms with Crippen LogP contribution in [-0.4, -0.2) is 22.1 Å². The van der Waals surface area contributed by atoms with E-state index < -0.39 is 26.8 Å². The van der Waals surface area contributed by atoms with Crippen molar-refractivity contribution in [3.8, 4) is 11.5 Å². The Hall–Kier alpha value is -1.58. The summed E-state index contributed by atoms with van der Waals surface area (Å²) in [4.78, 5) is 18.5. The Morgan fingerprint density at radius 1 is 0.800 bits per heavy atom. The van der Waals surface area contributed by atoms with Gasteiger partial charge in [0.2, 0.25) is 0 Å². The van der Waals surface area contributed by atoms with Crippen LogP contribution in [0, 0.1) is 5.41 Å². The van der Waals surface area contributed by atoms with E-state index in [0.717, 1.165) is 0 Å². The van der Waals surface area contributed by atoms with Gasteiger partial charge in [0.25, 0.3) is 0 Å². The SMILES string of the molecule is CC(C)(CP(=O)(O)O)CP(=O)(Oc1ccccc1)Oc1ccccc1. The highest BCUT2D eigenvalue weighted by atomic mass is 31.2. The first-order chi connectivity index (χ1) is 11.6. The van der Waals surface area contributed by atoms with Crippen molar-refractivity contribution in [2.45, 2.75) is 13.8 Å². The Balaban J connectivity index is 2.28. The van der Waals surface area contributed by atoms with E-state index >= 15 is 0 Å². The van der Waals surface area contributed by atoms with Crippen LogP contribution in [0.3, 0.4) is 0 Å². The molecule has 0 fully saturated rings. The van der Waals surface area contributed by atoms with Gasteiger partial charge < -0.3 is 18.8 Å². The van der Waals surface area contributed by atoms with Crippen LogP contribution in [0.4, 0.5) is 0 Å². The lowest BCUT2D eigenvalue weighted by molar-refractivity contribution is 0.327. The third-order valence-electron chi connectivity index (χ3n) is 3.23. The lowest BCUT2D eigenvalue weighted by Gasteiger charge is -2.29. The van der Waals surface area contributed by atoms with Gasteiger partial charge in [0.15, 0.2) is 0 Å². The number of benzene rings is 2. The zero-order valence-corrected chi connectivity index (χ0v) is 15.9. The minimum Gasteiger partial charge on any atom is -0.416 e. The molecule has 25 heavy (non-hydrogen) atoms. The topological polar surface area (TPSA) is 93.1 Å². The maximum Gasteiger partial charge on any atom is 0.431 e. The van der Waals surface area contributed by atoms with Gasteiger partial charge in [-0.1, -0.05) is 50.2 Å². The van der Waals surface area contributed by atoms with E-state index in [0.29, 0.717) is 11.5 Å². The number of hydrogen-bond donors (Lipinski definition) is 2. The average molecular weight is 384 g/mol. The summed E-state index contributed by atoms with van der Waals surface area (Å²) in [6.45, 7) is 3.25. The molecule has 6 nitrogen and oxygen atoms in total. The van der Waals surface area contributed by atoms with Crippen LogP contribution in [0.5, 0.6) is 11.5 Å². The monoisotopic (exact) mass is 384 g/mol. The Labute approximate surface area is 147 Å². The van der Waals surface area contributed by atoms with Crippen molar-refractivity contribution in [1.82, 2.24) is 0 Å². The summed E-state index contributed by atoms with van der Waals surface area (Å²) in [7, 11) is -7.98. The van der Waals surface area contributed by atoms with Gasteiger partial charge >= 0.3 is 15.2 Å². The van der Waals surface area contributed by atoms with Gasteiger partial charge in [-0.25, -0.2) is 4.57 Å². The van der Waals surface area contributed by atoms with Crippen LogP contribution >= 0.6 is 15.2 Å². The molecule has 2 rings (SSSR count). The standard InChI is InChI=1S/C17H22O6P2/c1-17(2,13-24(18,19)20)14-25(21,22-15-9-5-3-6-10-15)23-16-11-7-4-8-12-16/h3-12H,13-14H2,1-2H3,(H2,18,19,20). The lowest BCUT2D eigenvalue weighted by atomic mass is 10.0. The Bertz CT molecular complexity index is 725. The van der Waals surface area contributed by atoms with Crippen LogP contribution in [0.1, 0.15) is 13.8 Å². The second-order valence-electron chi connectivity index (χ2n) is 6.56. The van der Waals surface area contributed by atoms with Crippen molar-refractivity contribution in [2.75, 3.05) is 12.3 Å². The molecule has 2 aromatic rings. The molecule has 0 radical (unpaired) electrons. The molecule has 0 bridgehead atoms. The molecule has 0 aliphatic rings. The predicted octanol–water partition coefficient (Wildman–Crippen LogP) is 4.54. The third kappa shape index (κ3) is 7.05. The first-order valence-corrected chi connectivity index (χ1v) is 11.2. The Morgan fingerprint density at radius 2 is 1.20 bits per heavy atom. The van der Waals surface area contributed by atoms with Crippen molar-refractivity contribution >= 4 is 15.2 Å². The molecule has 136 valence electrons. The molecule has 0 atom stereocenters. The van der Waals surface area contributed by atoms with Gasteiger partial charge in [-0.3, -0.25) is 4.57 Å².